The zero-order chi connectivity index (χ0) is 13.1. The third-order valence-electron chi connectivity index (χ3n) is 3.27. The summed E-state index contributed by atoms with van der Waals surface area (Å²) >= 11 is 1.56. The summed E-state index contributed by atoms with van der Waals surface area (Å²) in [6.45, 7) is 3.55. The summed E-state index contributed by atoms with van der Waals surface area (Å²) in [6.07, 6.45) is 2.03. The summed E-state index contributed by atoms with van der Waals surface area (Å²) in [5, 5.41) is 0.642. The van der Waals surface area contributed by atoms with Gasteiger partial charge in [0.1, 0.15) is 0 Å². The molecule has 2 N–H and O–H groups in total. The Labute approximate surface area is 116 Å². The quantitative estimate of drug-likeness (QED) is 0.934. The van der Waals surface area contributed by atoms with Crippen LogP contribution < -0.4 is 5.73 Å². The second-order valence-corrected chi connectivity index (χ2v) is 5.82. The SMILES string of the molecule is Nc1ncc(CN2CCOC(c3ccccc3)C2)s1. The molecule has 0 amide bonds. The molecule has 1 aromatic carbocycles. The van der Waals surface area contributed by atoms with Gasteiger partial charge in [0.25, 0.3) is 0 Å². The van der Waals surface area contributed by atoms with Crippen LogP contribution in [0.15, 0.2) is 36.5 Å². The molecule has 4 nitrogen and oxygen atoms in total. The van der Waals surface area contributed by atoms with Gasteiger partial charge < -0.3 is 10.5 Å². The van der Waals surface area contributed by atoms with Crippen molar-refractivity contribution in [3.8, 4) is 0 Å². The summed E-state index contributed by atoms with van der Waals surface area (Å²) in [4.78, 5) is 7.71. The maximum Gasteiger partial charge on any atom is 0.180 e. The second-order valence-electron chi connectivity index (χ2n) is 4.67. The van der Waals surface area contributed by atoms with Crippen LogP contribution in [0.2, 0.25) is 0 Å². The summed E-state index contributed by atoms with van der Waals surface area (Å²) in [7, 11) is 0. The van der Waals surface area contributed by atoms with Gasteiger partial charge in [-0.25, -0.2) is 4.98 Å². The molecule has 100 valence electrons. The number of benzene rings is 1. The molecule has 2 aromatic rings. The molecule has 3 rings (SSSR count). The number of aromatic nitrogens is 1. The van der Waals surface area contributed by atoms with Gasteiger partial charge in [0.05, 0.1) is 12.7 Å². The van der Waals surface area contributed by atoms with Crippen molar-refractivity contribution in [3.05, 3.63) is 47.0 Å². The molecule has 2 heterocycles. The Morgan fingerprint density at radius 2 is 2.21 bits per heavy atom. The molecule has 1 aromatic heterocycles. The zero-order valence-electron chi connectivity index (χ0n) is 10.7. The molecule has 1 fully saturated rings. The number of ether oxygens (including phenoxy) is 1. The van der Waals surface area contributed by atoms with Crippen molar-refractivity contribution in [2.45, 2.75) is 12.6 Å². The lowest BCUT2D eigenvalue weighted by Gasteiger charge is -2.32. The number of rotatable bonds is 3. The van der Waals surface area contributed by atoms with Gasteiger partial charge in [-0.05, 0) is 5.56 Å². The molecule has 1 saturated heterocycles. The monoisotopic (exact) mass is 275 g/mol. The number of morpholine rings is 1. The summed E-state index contributed by atoms with van der Waals surface area (Å²) < 4.78 is 5.86. The summed E-state index contributed by atoms with van der Waals surface area (Å²) in [5.41, 5.74) is 6.91. The molecular weight excluding hydrogens is 258 g/mol. The number of anilines is 1. The molecule has 1 aliphatic rings. The van der Waals surface area contributed by atoms with Crippen molar-refractivity contribution < 1.29 is 4.74 Å². The van der Waals surface area contributed by atoms with E-state index in [0.29, 0.717) is 5.13 Å². The van der Waals surface area contributed by atoms with Gasteiger partial charge in [0, 0.05) is 30.7 Å². The van der Waals surface area contributed by atoms with E-state index in [1.54, 1.807) is 11.3 Å². The molecule has 5 heteroatoms. The van der Waals surface area contributed by atoms with E-state index in [4.69, 9.17) is 10.5 Å². The van der Waals surface area contributed by atoms with Crippen LogP contribution in [0.3, 0.4) is 0 Å². The average molecular weight is 275 g/mol. The highest BCUT2D eigenvalue weighted by atomic mass is 32.1. The Bertz CT molecular complexity index is 528. The average Bonchev–Trinajstić information content (AvgIpc) is 2.85. The van der Waals surface area contributed by atoms with Crippen molar-refractivity contribution >= 4 is 16.5 Å². The van der Waals surface area contributed by atoms with Crippen LogP contribution in [0.25, 0.3) is 0 Å². The Morgan fingerprint density at radius 3 is 2.95 bits per heavy atom. The Hall–Kier alpha value is -1.43. The van der Waals surface area contributed by atoms with E-state index in [9.17, 15) is 0 Å². The van der Waals surface area contributed by atoms with Gasteiger partial charge in [-0.15, -0.1) is 11.3 Å². The zero-order valence-corrected chi connectivity index (χ0v) is 11.5. The van der Waals surface area contributed by atoms with Gasteiger partial charge in [-0.2, -0.15) is 0 Å². The van der Waals surface area contributed by atoms with Crippen molar-refractivity contribution in [2.75, 3.05) is 25.4 Å². The lowest BCUT2D eigenvalue weighted by atomic mass is 10.1. The fraction of sp³-hybridized carbons (Fsp3) is 0.357. The maximum atomic E-state index is 5.86. The highest BCUT2D eigenvalue weighted by Gasteiger charge is 2.22. The number of hydrogen-bond acceptors (Lipinski definition) is 5. The van der Waals surface area contributed by atoms with E-state index < -0.39 is 0 Å². The predicted molar refractivity (Wildman–Crippen MR) is 76.9 cm³/mol. The van der Waals surface area contributed by atoms with Gasteiger partial charge in [0.15, 0.2) is 5.13 Å². The number of nitrogen functional groups attached to an aromatic ring is 1. The topological polar surface area (TPSA) is 51.4 Å². The van der Waals surface area contributed by atoms with E-state index >= 15 is 0 Å². The molecule has 1 atom stereocenters. The Kier molecular flexibility index (Phi) is 3.77. The smallest absolute Gasteiger partial charge is 0.180 e. The standard InChI is InChI=1S/C14H17N3OS/c15-14-16-8-12(19-14)9-17-6-7-18-13(10-17)11-4-2-1-3-5-11/h1-5,8,13H,6-7,9-10H2,(H2,15,16). The van der Waals surface area contributed by atoms with Crippen molar-refractivity contribution in [2.24, 2.45) is 0 Å². The Balaban J connectivity index is 1.65. The molecule has 19 heavy (non-hydrogen) atoms. The normalized spacial score (nSPS) is 20.5. The molecular formula is C14H17N3OS. The first-order valence-electron chi connectivity index (χ1n) is 6.40. The largest absolute Gasteiger partial charge is 0.375 e. The van der Waals surface area contributed by atoms with Crippen LogP contribution in [0.1, 0.15) is 16.5 Å². The van der Waals surface area contributed by atoms with Crippen LogP contribution in [-0.4, -0.2) is 29.6 Å². The molecule has 0 spiro atoms. The van der Waals surface area contributed by atoms with Crippen molar-refractivity contribution in [1.82, 2.24) is 9.88 Å². The number of hydrogen-bond donors (Lipinski definition) is 1. The minimum Gasteiger partial charge on any atom is -0.375 e. The minimum atomic E-state index is 0.167. The first-order valence-corrected chi connectivity index (χ1v) is 7.22. The number of nitrogens with zero attached hydrogens (tertiary/aromatic N) is 2. The van der Waals surface area contributed by atoms with Crippen LogP contribution in [0.5, 0.6) is 0 Å². The highest BCUT2D eigenvalue weighted by molar-refractivity contribution is 7.15. The lowest BCUT2D eigenvalue weighted by molar-refractivity contribution is -0.0326. The molecule has 0 bridgehead atoms. The molecule has 0 radical (unpaired) electrons. The Morgan fingerprint density at radius 1 is 1.37 bits per heavy atom. The first-order chi connectivity index (χ1) is 9.31. The minimum absolute atomic E-state index is 0.167. The van der Waals surface area contributed by atoms with Crippen molar-refractivity contribution in [3.63, 3.8) is 0 Å². The van der Waals surface area contributed by atoms with E-state index in [-0.39, 0.29) is 6.10 Å². The van der Waals surface area contributed by atoms with Crippen LogP contribution >= 0.6 is 11.3 Å². The van der Waals surface area contributed by atoms with Gasteiger partial charge in [0.2, 0.25) is 0 Å². The van der Waals surface area contributed by atoms with E-state index in [0.717, 1.165) is 26.2 Å². The predicted octanol–water partition coefficient (Wildman–Crippen LogP) is 2.30. The van der Waals surface area contributed by atoms with E-state index in [1.165, 1.54) is 10.4 Å². The molecule has 0 saturated carbocycles. The fourth-order valence-corrected chi connectivity index (χ4v) is 3.06. The molecule has 1 unspecified atom stereocenters. The van der Waals surface area contributed by atoms with Crippen LogP contribution in [0, 0.1) is 0 Å². The number of nitrogens with two attached hydrogens (primary N) is 1. The second kappa shape index (κ2) is 5.69. The molecule has 1 aliphatic heterocycles. The van der Waals surface area contributed by atoms with Crippen LogP contribution in [0.4, 0.5) is 5.13 Å². The van der Waals surface area contributed by atoms with E-state index in [1.807, 2.05) is 12.3 Å². The maximum absolute atomic E-state index is 5.86. The fourth-order valence-electron chi connectivity index (χ4n) is 2.33. The lowest BCUT2D eigenvalue weighted by Crippen LogP contribution is -2.37. The van der Waals surface area contributed by atoms with Gasteiger partial charge in [-0.1, -0.05) is 30.3 Å². The van der Waals surface area contributed by atoms with E-state index in [2.05, 4.69) is 34.1 Å². The third kappa shape index (κ3) is 3.12. The first kappa shape index (κ1) is 12.6. The van der Waals surface area contributed by atoms with Crippen molar-refractivity contribution in [1.29, 1.82) is 0 Å². The summed E-state index contributed by atoms with van der Waals surface area (Å²) in [6, 6.07) is 10.4. The van der Waals surface area contributed by atoms with Gasteiger partial charge >= 0.3 is 0 Å². The molecule has 0 aliphatic carbocycles. The third-order valence-corrected chi connectivity index (χ3v) is 4.08. The van der Waals surface area contributed by atoms with Crippen LogP contribution in [-0.2, 0) is 11.3 Å². The van der Waals surface area contributed by atoms with Gasteiger partial charge in [-0.3, -0.25) is 4.90 Å². The number of thiazole rings is 1. The summed E-state index contributed by atoms with van der Waals surface area (Å²) in [5.74, 6) is 0. The highest BCUT2D eigenvalue weighted by Crippen LogP contribution is 2.24.